The highest BCUT2D eigenvalue weighted by Gasteiger charge is 2.13. The van der Waals surface area contributed by atoms with E-state index in [4.69, 9.17) is 40.3 Å². The van der Waals surface area contributed by atoms with E-state index in [1.165, 1.54) is 23.1 Å². The van der Waals surface area contributed by atoms with Crippen molar-refractivity contribution in [3.63, 3.8) is 0 Å². The summed E-state index contributed by atoms with van der Waals surface area (Å²) >= 11 is 0. The maximum absolute atomic E-state index is 10.5. The molecule has 14 heteroatoms. The van der Waals surface area contributed by atoms with Gasteiger partial charge in [0.1, 0.15) is 18.0 Å². The largest absolute Gasteiger partial charge is 0.481 e. The molecule has 0 saturated heterocycles. The van der Waals surface area contributed by atoms with Gasteiger partial charge in [0.15, 0.2) is 0 Å². The van der Waals surface area contributed by atoms with Gasteiger partial charge in [-0.05, 0) is 24.3 Å². The van der Waals surface area contributed by atoms with Crippen molar-refractivity contribution in [3.8, 4) is 0 Å². The third-order valence-electron chi connectivity index (χ3n) is 2.97. The quantitative estimate of drug-likeness (QED) is 0.242. The molecule has 0 saturated carbocycles. The number of anilines is 2. The molecule has 2 aromatic rings. The van der Waals surface area contributed by atoms with Crippen LogP contribution in [-0.4, -0.2) is 70.4 Å². The van der Waals surface area contributed by atoms with Crippen LogP contribution in [-0.2, 0) is 29.3 Å². The fraction of sp³-hybridized carbons (Fsp3) is 0.200. The van der Waals surface area contributed by atoms with Crippen LogP contribution in [0.15, 0.2) is 59.5 Å². The SMILES string of the molecule is CC(=O)O.CC(=O)O.Nc1ccccc1S(=O)(=O)O.O=C(O)CN(CC(=O)O)c1ccccc1. The van der Waals surface area contributed by atoms with Gasteiger partial charge in [-0.3, -0.25) is 23.7 Å². The molecule has 0 aromatic heterocycles. The maximum Gasteiger partial charge on any atom is 0.323 e. The Morgan fingerprint density at radius 3 is 1.41 bits per heavy atom. The molecule has 0 heterocycles. The molecule has 0 spiro atoms. The summed E-state index contributed by atoms with van der Waals surface area (Å²) in [5, 5.41) is 32.1. The third kappa shape index (κ3) is 18.6. The average Bonchev–Trinajstić information content (AvgIpc) is 2.66. The van der Waals surface area contributed by atoms with Gasteiger partial charge in [-0.1, -0.05) is 30.3 Å². The van der Waals surface area contributed by atoms with Crippen LogP contribution in [0.5, 0.6) is 0 Å². The zero-order chi connectivity index (χ0) is 26.9. The maximum atomic E-state index is 10.5. The summed E-state index contributed by atoms with van der Waals surface area (Å²) in [6, 6.07) is 14.3. The van der Waals surface area contributed by atoms with Crippen molar-refractivity contribution in [1.82, 2.24) is 0 Å². The van der Waals surface area contributed by atoms with E-state index in [2.05, 4.69) is 0 Å². The van der Waals surface area contributed by atoms with Crippen molar-refractivity contribution < 1.29 is 52.6 Å². The van der Waals surface area contributed by atoms with E-state index in [9.17, 15) is 18.0 Å². The van der Waals surface area contributed by atoms with Crippen LogP contribution in [0.4, 0.5) is 11.4 Å². The summed E-state index contributed by atoms with van der Waals surface area (Å²) in [7, 11) is -4.16. The first-order valence-corrected chi connectivity index (χ1v) is 10.5. The van der Waals surface area contributed by atoms with Crippen LogP contribution >= 0.6 is 0 Å². The summed E-state index contributed by atoms with van der Waals surface area (Å²) < 4.78 is 29.6. The monoisotopic (exact) mass is 502 g/mol. The molecule has 0 fully saturated rings. The van der Waals surface area contributed by atoms with Crippen LogP contribution in [0, 0.1) is 0 Å². The van der Waals surface area contributed by atoms with Crippen molar-refractivity contribution in [3.05, 3.63) is 54.6 Å². The Morgan fingerprint density at radius 2 is 1.12 bits per heavy atom. The molecule has 0 aliphatic carbocycles. The van der Waals surface area contributed by atoms with E-state index >= 15 is 0 Å². The molecule has 7 N–H and O–H groups in total. The Bertz CT molecular complexity index is 1010. The van der Waals surface area contributed by atoms with Gasteiger partial charge in [-0.25, -0.2) is 0 Å². The number of carboxylic acids is 4. The highest BCUT2D eigenvalue weighted by Crippen LogP contribution is 2.15. The molecule has 0 aliphatic rings. The van der Waals surface area contributed by atoms with Crippen molar-refractivity contribution in [2.45, 2.75) is 18.7 Å². The topological polar surface area (TPSA) is 233 Å². The molecule has 2 aromatic carbocycles. The Hall–Kier alpha value is -4.17. The normalized spacial score (nSPS) is 9.38. The average molecular weight is 502 g/mol. The second kappa shape index (κ2) is 16.5. The number of benzene rings is 2. The van der Waals surface area contributed by atoms with E-state index < -0.39 is 34.0 Å². The van der Waals surface area contributed by atoms with Gasteiger partial charge in [0, 0.05) is 19.5 Å². The molecule has 13 nitrogen and oxygen atoms in total. The van der Waals surface area contributed by atoms with Gasteiger partial charge < -0.3 is 31.1 Å². The Morgan fingerprint density at radius 1 is 0.765 bits per heavy atom. The van der Waals surface area contributed by atoms with E-state index in [1.54, 1.807) is 36.4 Å². The minimum absolute atomic E-state index is 0.0509. The first-order chi connectivity index (χ1) is 15.6. The first-order valence-electron chi connectivity index (χ1n) is 9.02. The van der Waals surface area contributed by atoms with Gasteiger partial charge in [-0.2, -0.15) is 8.42 Å². The standard InChI is InChI=1S/C10H11NO4.C6H7NO3S.2C2H4O2/c12-9(13)6-11(7-10(14)15)8-4-2-1-3-5-8;7-5-3-1-2-4-6(5)11(8,9)10;2*1-2(3)4/h1-5H,6-7H2,(H,12,13)(H,14,15);1-4H,7H2,(H,8,9,10);2*1H3,(H,3,4). The summed E-state index contributed by atoms with van der Waals surface area (Å²) in [5.74, 6) is -3.78. The van der Waals surface area contributed by atoms with E-state index in [0.29, 0.717) is 5.69 Å². The molecule has 2 rings (SSSR count). The Labute approximate surface area is 195 Å². The number of hydrogen-bond acceptors (Lipinski definition) is 8. The minimum atomic E-state index is -4.16. The molecule has 0 atom stereocenters. The highest BCUT2D eigenvalue weighted by atomic mass is 32.2. The second-order valence-electron chi connectivity index (χ2n) is 6.03. The van der Waals surface area contributed by atoms with E-state index in [0.717, 1.165) is 13.8 Å². The molecule has 0 radical (unpaired) electrons. The molecule has 188 valence electrons. The molecule has 0 aliphatic heterocycles. The number of nitrogen functional groups attached to an aromatic ring is 1. The lowest BCUT2D eigenvalue weighted by Crippen LogP contribution is -2.34. The lowest BCUT2D eigenvalue weighted by atomic mass is 10.3. The predicted molar refractivity (Wildman–Crippen MR) is 121 cm³/mol. The van der Waals surface area contributed by atoms with Crippen LogP contribution < -0.4 is 10.6 Å². The number of para-hydroxylation sites is 2. The lowest BCUT2D eigenvalue weighted by Gasteiger charge is -2.20. The second-order valence-corrected chi connectivity index (χ2v) is 7.42. The van der Waals surface area contributed by atoms with Gasteiger partial charge in [0.25, 0.3) is 22.1 Å². The smallest absolute Gasteiger partial charge is 0.323 e. The Balaban J connectivity index is 0. The first kappa shape index (κ1) is 32.0. The van der Waals surface area contributed by atoms with Gasteiger partial charge in [0.05, 0.1) is 5.69 Å². The number of aliphatic carboxylic acids is 4. The van der Waals surface area contributed by atoms with E-state index in [-0.39, 0.29) is 23.7 Å². The molecule has 0 amide bonds. The highest BCUT2D eigenvalue weighted by molar-refractivity contribution is 7.86. The third-order valence-corrected chi connectivity index (χ3v) is 3.90. The fourth-order valence-corrected chi connectivity index (χ4v) is 2.54. The van der Waals surface area contributed by atoms with Crippen LogP contribution in [0.25, 0.3) is 0 Å². The van der Waals surface area contributed by atoms with Crippen molar-refractivity contribution in [2.75, 3.05) is 23.7 Å². The van der Waals surface area contributed by atoms with Crippen LogP contribution in [0.1, 0.15) is 13.8 Å². The number of carbonyl (C=O) groups is 4. The summed E-state index contributed by atoms with van der Waals surface area (Å²) in [6.45, 7) is 1.52. The zero-order valence-electron chi connectivity index (χ0n) is 18.2. The molecule has 34 heavy (non-hydrogen) atoms. The molecule has 0 unspecified atom stereocenters. The number of nitrogens with zero attached hydrogens (tertiary/aromatic N) is 1. The number of nitrogens with two attached hydrogens (primary N) is 1. The van der Waals surface area contributed by atoms with Crippen LogP contribution in [0.2, 0.25) is 0 Å². The molecular weight excluding hydrogens is 476 g/mol. The van der Waals surface area contributed by atoms with Crippen molar-refractivity contribution >= 4 is 45.4 Å². The zero-order valence-corrected chi connectivity index (χ0v) is 19.0. The summed E-state index contributed by atoms with van der Waals surface area (Å²) in [6.07, 6.45) is 0. The van der Waals surface area contributed by atoms with Crippen molar-refractivity contribution in [2.24, 2.45) is 0 Å². The summed E-state index contributed by atoms with van der Waals surface area (Å²) in [4.78, 5) is 40.1. The minimum Gasteiger partial charge on any atom is -0.481 e. The fourth-order valence-electron chi connectivity index (χ4n) is 1.92. The Kier molecular flexibility index (Phi) is 15.5. The van der Waals surface area contributed by atoms with Gasteiger partial charge in [0.2, 0.25) is 0 Å². The van der Waals surface area contributed by atoms with E-state index in [1.807, 2.05) is 0 Å². The van der Waals surface area contributed by atoms with Crippen molar-refractivity contribution in [1.29, 1.82) is 0 Å². The van der Waals surface area contributed by atoms with Crippen LogP contribution in [0.3, 0.4) is 0 Å². The van der Waals surface area contributed by atoms with Gasteiger partial charge in [-0.15, -0.1) is 0 Å². The lowest BCUT2D eigenvalue weighted by molar-refractivity contribution is -0.137. The molecular formula is C20H26N2O11S. The van der Waals surface area contributed by atoms with Gasteiger partial charge >= 0.3 is 11.9 Å². The number of rotatable bonds is 6. The number of carboxylic acid groups (broad SMARTS) is 4. The number of hydrogen-bond donors (Lipinski definition) is 6. The molecule has 0 bridgehead atoms. The predicted octanol–water partition coefficient (Wildman–Crippen LogP) is 1.36. The summed E-state index contributed by atoms with van der Waals surface area (Å²) in [5.41, 5.74) is 5.90.